The number of carbonyl (C=O) groups excluding carboxylic acids is 1. The van der Waals surface area contributed by atoms with Crippen molar-refractivity contribution in [3.8, 4) is 0 Å². The van der Waals surface area contributed by atoms with Crippen molar-refractivity contribution in [3.05, 3.63) is 56.5 Å². The molecule has 0 saturated heterocycles. The predicted octanol–water partition coefficient (Wildman–Crippen LogP) is 5.07. The Morgan fingerprint density at radius 1 is 1.19 bits per heavy atom. The minimum absolute atomic E-state index is 0.285. The lowest BCUT2D eigenvalue weighted by Crippen LogP contribution is -2.17. The lowest BCUT2D eigenvalue weighted by atomic mass is 10.2. The van der Waals surface area contributed by atoms with Crippen LogP contribution in [0.5, 0.6) is 0 Å². The van der Waals surface area contributed by atoms with Crippen LogP contribution in [0.3, 0.4) is 0 Å². The van der Waals surface area contributed by atoms with E-state index < -0.39 is 0 Å². The Kier molecular flexibility index (Phi) is 5.14. The topological polar surface area (TPSA) is 32.3 Å². The molecular weight excluding hydrogens is 375 g/mol. The molecule has 0 aromatic heterocycles. The van der Waals surface area contributed by atoms with E-state index in [4.69, 9.17) is 23.2 Å². The Labute approximate surface area is 142 Å². The maximum Gasteiger partial charge on any atom is 0.257 e. The highest BCUT2D eigenvalue weighted by atomic mass is 79.9. The summed E-state index contributed by atoms with van der Waals surface area (Å²) in [6, 6.07) is 10.5. The summed E-state index contributed by atoms with van der Waals surface area (Å²) < 4.78 is 0.677. The van der Waals surface area contributed by atoms with Crippen LogP contribution >= 0.6 is 39.1 Å². The van der Waals surface area contributed by atoms with Gasteiger partial charge in [0.05, 0.1) is 22.0 Å². The monoisotopic (exact) mass is 386 g/mol. The minimum atomic E-state index is -0.285. The van der Waals surface area contributed by atoms with E-state index in [1.54, 1.807) is 30.3 Å². The number of hydrogen-bond donors (Lipinski definition) is 1. The number of amides is 1. The summed E-state index contributed by atoms with van der Waals surface area (Å²) in [6.07, 6.45) is 0. The number of nitrogens with one attached hydrogen (secondary N) is 1. The van der Waals surface area contributed by atoms with Crippen LogP contribution in [0.4, 0.5) is 11.4 Å². The number of hydrogen-bond acceptors (Lipinski definition) is 2. The van der Waals surface area contributed by atoms with Gasteiger partial charge in [0.25, 0.3) is 5.91 Å². The molecule has 0 aliphatic rings. The predicted molar refractivity (Wildman–Crippen MR) is 92.9 cm³/mol. The van der Waals surface area contributed by atoms with Gasteiger partial charge in [-0.15, -0.1) is 0 Å². The maximum atomic E-state index is 12.4. The number of carbonyl (C=O) groups is 1. The summed E-state index contributed by atoms with van der Waals surface area (Å²) in [6.45, 7) is 0. The molecule has 21 heavy (non-hydrogen) atoms. The molecule has 0 heterocycles. The molecule has 0 radical (unpaired) electrons. The van der Waals surface area contributed by atoms with E-state index in [-0.39, 0.29) is 5.91 Å². The van der Waals surface area contributed by atoms with Gasteiger partial charge in [-0.3, -0.25) is 4.79 Å². The molecule has 0 spiro atoms. The molecule has 0 aliphatic carbocycles. The number of anilines is 2. The van der Waals surface area contributed by atoms with Crippen molar-refractivity contribution in [1.82, 2.24) is 0 Å². The first-order valence-corrected chi connectivity index (χ1v) is 7.67. The quantitative estimate of drug-likeness (QED) is 0.796. The average molecular weight is 388 g/mol. The zero-order chi connectivity index (χ0) is 15.6. The standard InChI is InChI=1S/C15H13BrCl2N2O/c1-20(2)13-7-6-9(17)8-12(13)19-15(21)10-4-3-5-11(16)14(10)18/h3-8H,1-2H3,(H,19,21). The molecule has 6 heteroatoms. The van der Waals surface area contributed by atoms with E-state index in [0.717, 1.165) is 5.69 Å². The minimum Gasteiger partial charge on any atom is -0.376 e. The number of benzene rings is 2. The molecule has 2 rings (SSSR count). The summed E-state index contributed by atoms with van der Waals surface area (Å²) in [5.41, 5.74) is 1.89. The van der Waals surface area contributed by atoms with Gasteiger partial charge < -0.3 is 10.2 Å². The molecule has 0 fully saturated rings. The summed E-state index contributed by atoms with van der Waals surface area (Å²) in [5.74, 6) is -0.285. The summed E-state index contributed by atoms with van der Waals surface area (Å²) in [7, 11) is 3.79. The second-order valence-electron chi connectivity index (χ2n) is 4.61. The Morgan fingerprint density at radius 2 is 1.90 bits per heavy atom. The first-order valence-electron chi connectivity index (χ1n) is 6.12. The molecule has 0 saturated carbocycles. The highest BCUT2D eigenvalue weighted by Crippen LogP contribution is 2.30. The van der Waals surface area contributed by atoms with Gasteiger partial charge in [0.1, 0.15) is 0 Å². The molecule has 1 amide bonds. The maximum absolute atomic E-state index is 12.4. The van der Waals surface area contributed by atoms with Gasteiger partial charge in [0, 0.05) is 23.6 Å². The smallest absolute Gasteiger partial charge is 0.257 e. The van der Waals surface area contributed by atoms with Gasteiger partial charge in [0.15, 0.2) is 0 Å². The van der Waals surface area contributed by atoms with Crippen molar-refractivity contribution in [3.63, 3.8) is 0 Å². The fourth-order valence-electron chi connectivity index (χ4n) is 1.87. The van der Waals surface area contributed by atoms with Crippen molar-refractivity contribution in [2.24, 2.45) is 0 Å². The van der Waals surface area contributed by atoms with Crippen LogP contribution in [0, 0.1) is 0 Å². The van der Waals surface area contributed by atoms with Gasteiger partial charge in [0.2, 0.25) is 0 Å². The second kappa shape index (κ2) is 6.69. The van der Waals surface area contributed by atoms with E-state index >= 15 is 0 Å². The first-order chi connectivity index (χ1) is 9.90. The van der Waals surface area contributed by atoms with Crippen molar-refractivity contribution in [2.45, 2.75) is 0 Å². The van der Waals surface area contributed by atoms with Gasteiger partial charge in [-0.05, 0) is 46.3 Å². The van der Waals surface area contributed by atoms with Gasteiger partial charge in [-0.25, -0.2) is 0 Å². The second-order valence-corrected chi connectivity index (χ2v) is 6.28. The van der Waals surface area contributed by atoms with Crippen LogP contribution in [0.2, 0.25) is 10.0 Å². The molecule has 3 nitrogen and oxygen atoms in total. The van der Waals surface area contributed by atoms with Crippen LogP contribution in [0.1, 0.15) is 10.4 Å². The molecular formula is C15H13BrCl2N2O. The van der Waals surface area contributed by atoms with Crippen LogP contribution in [-0.2, 0) is 0 Å². The SMILES string of the molecule is CN(C)c1ccc(Cl)cc1NC(=O)c1cccc(Br)c1Cl. The van der Waals surface area contributed by atoms with E-state index in [2.05, 4.69) is 21.2 Å². The molecule has 2 aromatic rings. The van der Waals surface area contributed by atoms with Crippen molar-refractivity contribution in [2.75, 3.05) is 24.3 Å². The van der Waals surface area contributed by atoms with Crippen molar-refractivity contribution >= 4 is 56.4 Å². The fraction of sp³-hybridized carbons (Fsp3) is 0.133. The van der Waals surface area contributed by atoms with E-state index in [0.29, 0.717) is 25.8 Å². The normalized spacial score (nSPS) is 10.3. The third-order valence-corrected chi connectivity index (χ3v) is 4.42. The highest BCUT2D eigenvalue weighted by Gasteiger charge is 2.15. The van der Waals surface area contributed by atoms with Crippen LogP contribution in [0.15, 0.2) is 40.9 Å². The third-order valence-electron chi connectivity index (χ3n) is 2.88. The van der Waals surface area contributed by atoms with Crippen LogP contribution in [0.25, 0.3) is 0 Å². The Bertz CT molecular complexity index is 689. The van der Waals surface area contributed by atoms with Crippen molar-refractivity contribution < 1.29 is 4.79 Å². The van der Waals surface area contributed by atoms with E-state index in [9.17, 15) is 4.79 Å². The number of halogens is 3. The molecule has 2 aromatic carbocycles. The molecule has 110 valence electrons. The largest absolute Gasteiger partial charge is 0.376 e. The highest BCUT2D eigenvalue weighted by molar-refractivity contribution is 9.10. The van der Waals surface area contributed by atoms with Crippen LogP contribution in [-0.4, -0.2) is 20.0 Å². The summed E-state index contributed by atoms with van der Waals surface area (Å²) in [4.78, 5) is 14.3. The Balaban J connectivity index is 2.36. The van der Waals surface area contributed by atoms with E-state index in [1.807, 2.05) is 25.1 Å². The lowest BCUT2D eigenvalue weighted by Gasteiger charge is -2.18. The zero-order valence-electron chi connectivity index (χ0n) is 11.5. The summed E-state index contributed by atoms with van der Waals surface area (Å²) in [5, 5.41) is 3.78. The lowest BCUT2D eigenvalue weighted by molar-refractivity contribution is 0.102. The molecule has 0 aliphatic heterocycles. The fourth-order valence-corrected chi connectivity index (χ4v) is 2.62. The molecule has 0 unspecified atom stereocenters. The average Bonchev–Trinajstić information content (AvgIpc) is 2.41. The number of nitrogens with zero attached hydrogens (tertiary/aromatic N) is 1. The molecule has 0 bridgehead atoms. The molecule has 0 atom stereocenters. The van der Waals surface area contributed by atoms with Gasteiger partial charge in [-0.1, -0.05) is 29.3 Å². The van der Waals surface area contributed by atoms with Gasteiger partial charge >= 0.3 is 0 Å². The Hall–Kier alpha value is -1.23. The zero-order valence-corrected chi connectivity index (χ0v) is 14.6. The van der Waals surface area contributed by atoms with E-state index in [1.165, 1.54) is 0 Å². The molecule has 1 N–H and O–H groups in total. The van der Waals surface area contributed by atoms with Crippen molar-refractivity contribution in [1.29, 1.82) is 0 Å². The number of rotatable bonds is 3. The first kappa shape index (κ1) is 16.1. The van der Waals surface area contributed by atoms with Gasteiger partial charge in [-0.2, -0.15) is 0 Å². The Morgan fingerprint density at radius 3 is 2.57 bits per heavy atom. The third kappa shape index (κ3) is 3.70. The summed E-state index contributed by atoms with van der Waals surface area (Å²) >= 11 is 15.5. The van der Waals surface area contributed by atoms with Crippen LogP contribution < -0.4 is 10.2 Å².